The van der Waals surface area contributed by atoms with Gasteiger partial charge in [0.1, 0.15) is 5.75 Å². The molecule has 0 amide bonds. The zero-order valence-electron chi connectivity index (χ0n) is 11.6. The van der Waals surface area contributed by atoms with Crippen LogP contribution in [0.3, 0.4) is 0 Å². The van der Waals surface area contributed by atoms with Gasteiger partial charge in [0.15, 0.2) is 5.82 Å². The number of para-hydroxylation sites is 1. The van der Waals surface area contributed by atoms with E-state index in [4.69, 9.17) is 15.0 Å². The van der Waals surface area contributed by atoms with Crippen LogP contribution in [0, 0.1) is 0 Å². The maximum atomic E-state index is 6.03. The predicted molar refractivity (Wildman–Crippen MR) is 74.5 cm³/mol. The Balaban J connectivity index is 1.87. The maximum Gasteiger partial charge on any atom is 0.234 e. The largest absolute Gasteiger partial charge is 0.493 e. The summed E-state index contributed by atoms with van der Waals surface area (Å²) >= 11 is 0. The first-order valence-corrected chi connectivity index (χ1v) is 7.10. The lowest BCUT2D eigenvalue weighted by Crippen LogP contribution is -2.16. The Morgan fingerprint density at radius 2 is 2.25 bits per heavy atom. The van der Waals surface area contributed by atoms with Gasteiger partial charge >= 0.3 is 0 Å². The smallest absolute Gasteiger partial charge is 0.234 e. The molecule has 0 saturated carbocycles. The molecule has 0 bridgehead atoms. The van der Waals surface area contributed by atoms with Crippen LogP contribution in [-0.4, -0.2) is 16.7 Å². The monoisotopic (exact) mass is 273 g/mol. The predicted octanol–water partition coefficient (Wildman–Crippen LogP) is 2.78. The van der Waals surface area contributed by atoms with E-state index in [1.54, 1.807) is 0 Å². The molecule has 5 nitrogen and oxygen atoms in total. The number of ether oxygens (including phenoxy) is 1. The average Bonchev–Trinajstić information content (AvgIpc) is 2.97. The van der Waals surface area contributed by atoms with Crippen molar-refractivity contribution in [1.29, 1.82) is 0 Å². The molecule has 0 saturated heterocycles. The third kappa shape index (κ3) is 2.41. The van der Waals surface area contributed by atoms with Crippen molar-refractivity contribution in [2.24, 2.45) is 5.73 Å². The molecule has 5 heteroatoms. The summed E-state index contributed by atoms with van der Waals surface area (Å²) < 4.78 is 11.1. The number of fused-ring (bicyclic) bond motifs is 1. The summed E-state index contributed by atoms with van der Waals surface area (Å²) in [4.78, 5) is 4.49. The third-order valence-electron chi connectivity index (χ3n) is 3.65. The second-order valence-corrected chi connectivity index (χ2v) is 5.11. The van der Waals surface area contributed by atoms with Gasteiger partial charge in [0.25, 0.3) is 0 Å². The van der Waals surface area contributed by atoms with E-state index in [1.165, 1.54) is 0 Å². The van der Waals surface area contributed by atoms with Crippen molar-refractivity contribution in [2.45, 2.75) is 38.1 Å². The minimum Gasteiger partial charge on any atom is -0.493 e. The van der Waals surface area contributed by atoms with Gasteiger partial charge < -0.3 is 15.0 Å². The maximum absolute atomic E-state index is 6.03. The SMILES string of the molecule is CCCC(N)c1noc(C2CCOc3ccccc32)n1. The van der Waals surface area contributed by atoms with Crippen molar-refractivity contribution in [3.8, 4) is 5.75 Å². The molecule has 0 radical (unpaired) electrons. The third-order valence-corrected chi connectivity index (χ3v) is 3.65. The van der Waals surface area contributed by atoms with E-state index in [2.05, 4.69) is 23.1 Å². The molecule has 2 N–H and O–H groups in total. The number of benzene rings is 1. The standard InChI is InChI=1S/C15H19N3O2/c1-2-5-12(16)14-17-15(20-18-14)11-8-9-19-13-7-4-3-6-10(11)13/h3-4,6-7,11-12H,2,5,8-9,16H2,1H3. The Hall–Kier alpha value is -1.88. The summed E-state index contributed by atoms with van der Waals surface area (Å²) in [7, 11) is 0. The van der Waals surface area contributed by atoms with Crippen LogP contribution in [0.4, 0.5) is 0 Å². The number of nitrogens with two attached hydrogens (primary N) is 1. The minimum atomic E-state index is -0.146. The molecule has 2 unspecified atom stereocenters. The van der Waals surface area contributed by atoms with Gasteiger partial charge in [-0.1, -0.05) is 36.7 Å². The Morgan fingerprint density at radius 3 is 3.10 bits per heavy atom. The highest BCUT2D eigenvalue weighted by Crippen LogP contribution is 2.37. The molecule has 0 spiro atoms. The number of nitrogens with zero attached hydrogens (tertiary/aromatic N) is 2. The van der Waals surface area contributed by atoms with Crippen LogP contribution >= 0.6 is 0 Å². The molecule has 1 aliphatic rings. The van der Waals surface area contributed by atoms with E-state index in [-0.39, 0.29) is 12.0 Å². The molecule has 1 aliphatic heterocycles. The second-order valence-electron chi connectivity index (χ2n) is 5.11. The Bertz CT molecular complexity index is 582. The van der Waals surface area contributed by atoms with Crippen molar-refractivity contribution in [2.75, 3.05) is 6.61 Å². The second kappa shape index (κ2) is 5.63. The van der Waals surface area contributed by atoms with Crippen molar-refractivity contribution >= 4 is 0 Å². The number of hydrogen-bond donors (Lipinski definition) is 1. The van der Waals surface area contributed by atoms with Crippen LogP contribution in [0.15, 0.2) is 28.8 Å². The lowest BCUT2D eigenvalue weighted by atomic mass is 9.93. The fraction of sp³-hybridized carbons (Fsp3) is 0.467. The number of hydrogen-bond acceptors (Lipinski definition) is 5. The van der Waals surface area contributed by atoms with E-state index >= 15 is 0 Å². The van der Waals surface area contributed by atoms with E-state index < -0.39 is 0 Å². The first-order valence-electron chi connectivity index (χ1n) is 7.10. The molecule has 2 atom stereocenters. The quantitative estimate of drug-likeness (QED) is 0.927. The Kier molecular flexibility index (Phi) is 3.69. The van der Waals surface area contributed by atoms with E-state index in [0.29, 0.717) is 18.3 Å². The molecule has 106 valence electrons. The first-order chi connectivity index (χ1) is 9.79. The summed E-state index contributed by atoms with van der Waals surface area (Å²) in [6.45, 7) is 2.76. The Morgan fingerprint density at radius 1 is 1.40 bits per heavy atom. The summed E-state index contributed by atoms with van der Waals surface area (Å²) in [5, 5.41) is 4.03. The molecule has 0 aliphatic carbocycles. The summed E-state index contributed by atoms with van der Waals surface area (Å²) in [6.07, 6.45) is 2.72. The normalized spacial score (nSPS) is 19.2. The van der Waals surface area contributed by atoms with Crippen LogP contribution in [0.1, 0.15) is 55.4 Å². The van der Waals surface area contributed by atoms with Crippen LogP contribution in [0.5, 0.6) is 5.75 Å². The summed E-state index contributed by atoms with van der Waals surface area (Å²) in [6, 6.07) is 7.85. The molecule has 2 heterocycles. The highest BCUT2D eigenvalue weighted by atomic mass is 16.5. The first kappa shape index (κ1) is 13.1. The Labute approximate surface area is 118 Å². The van der Waals surface area contributed by atoms with Crippen molar-refractivity contribution in [1.82, 2.24) is 10.1 Å². The van der Waals surface area contributed by atoms with Crippen LogP contribution < -0.4 is 10.5 Å². The summed E-state index contributed by atoms with van der Waals surface area (Å²) in [5.41, 5.74) is 7.14. The molecule has 1 aromatic carbocycles. The molecule has 0 fully saturated rings. The van der Waals surface area contributed by atoms with Gasteiger partial charge in [-0.2, -0.15) is 4.98 Å². The van der Waals surface area contributed by atoms with Gasteiger partial charge in [0.05, 0.1) is 18.6 Å². The van der Waals surface area contributed by atoms with E-state index in [9.17, 15) is 0 Å². The fourth-order valence-electron chi connectivity index (χ4n) is 2.58. The lowest BCUT2D eigenvalue weighted by Gasteiger charge is -2.22. The molecular weight excluding hydrogens is 254 g/mol. The topological polar surface area (TPSA) is 74.2 Å². The highest BCUT2D eigenvalue weighted by Gasteiger charge is 2.28. The molecule has 3 rings (SSSR count). The lowest BCUT2D eigenvalue weighted by molar-refractivity contribution is 0.256. The van der Waals surface area contributed by atoms with Crippen LogP contribution in [-0.2, 0) is 0 Å². The summed E-state index contributed by atoms with van der Waals surface area (Å²) in [5.74, 6) is 2.25. The van der Waals surface area contributed by atoms with Gasteiger partial charge in [-0.05, 0) is 18.9 Å². The molecule has 2 aromatic rings. The van der Waals surface area contributed by atoms with E-state index in [1.807, 2.05) is 18.2 Å². The van der Waals surface area contributed by atoms with Gasteiger partial charge in [-0.15, -0.1) is 0 Å². The zero-order chi connectivity index (χ0) is 13.9. The average molecular weight is 273 g/mol. The molecular formula is C15H19N3O2. The van der Waals surface area contributed by atoms with Gasteiger partial charge in [0.2, 0.25) is 5.89 Å². The highest BCUT2D eigenvalue weighted by molar-refractivity contribution is 5.40. The van der Waals surface area contributed by atoms with Crippen molar-refractivity contribution in [3.05, 3.63) is 41.5 Å². The number of rotatable bonds is 4. The fourth-order valence-corrected chi connectivity index (χ4v) is 2.58. The van der Waals surface area contributed by atoms with Gasteiger partial charge in [-0.3, -0.25) is 0 Å². The van der Waals surface area contributed by atoms with Crippen LogP contribution in [0.25, 0.3) is 0 Å². The number of aromatic nitrogens is 2. The molecule has 20 heavy (non-hydrogen) atoms. The van der Waals surface area contributed by atoms with Gasteiger partial charge in [0, 0.05) is 5.56 Å². The zero-order valence-corrected chi connectivity index (χ0v) is 11.6. The van der Waals surface area contributed by atoms with Crippen LogP contribution in [0.2, 0.25) is 0 Å². The minimum absolute atomic E-state index is 0.107. The molecule has 1 aromatic heterocycles. The van der Waals surface area contributed by atoms with Crippen molar-refractivity contribution < 1.29 is 9.26 Å². The van der Waals surface area contributed by atoms with E-state index in [0.717, 1.165) is 30.6 Å². The van der Waals surface area contributed by atoms with Gasteiger partial charge in [-0.25, -0.2) is 0 Å². The van der Waals surface area contributed by atoms with Crippen molar-refractivity contribution in [3.63, 3.8) is 0 Å².